The number of hydrogen-bond donors (Lipinski definition) is 0. The van der Waals surface area contributed by atoms with E-state index in [2.05, 4.69) is 0 Å². The maximum absolute atomic E-state index is 10.5. The molecule has 62 valence electrons. The van der Waals surface area contributed by atoms with E-state index in [1.807, 2.05) is 30.3 Å². The van der Waals surface area contributed by atoms with Crippen LogP contribution in [0, 0.1) is 0 Å². The number of rotatable bonds is 3. The molecule has 1 rings (SSSR count). The van der Waals surface area contributed by atoms with Gasteiger partial charge >= 0.3 is 0 Å². The third-order valence-corrected chi connectivity index (χ3v) is 1.48. The highest BCUT2D eigenvalue weighted by Crippen LogP contribution is 2.10. The molecule has 0 N–H and O–H groups in total. The SMILES string of the molecule is COC=C(C=O)c1ccccc1. The second kappa shape index (κ2) is 4.34. The summed E-state index contributed by atoms with van der Waals surface area (Å²) in [5, 5.41) is 0. The first kappa shape index (κ1) is 8.53. The van der Waals surface area contributed by atoms with Crippen LogP contribution in [0.25, 0.3) is 5.57 Å². The minimum atomic E-state index is 0.554. The van der Waals surface area contributed by atoms with Gasteiger partial charge in [0.25, 0.3) is 0 Å². The van der Waals surface area contributed by atoms with Crippen molar-refractivity contribution in [2.75, 3.05) is 7.11 Å². The fraction of sp³-hybridized carbons (Fsp3) is 0.100. The summed E-state index contributed by atoms with van der Waals surface area (Å²) in [5.74, 6) is 0. The molecule has 0 bridgehead atoms. The van der Waals surface area contributed by atoms with Gasteiger partial charge in [0.1, 0.15) is 0 Å². The molecule has 0 aliphatic heterocycles. The van der Waals surface area contributed by atoms with Gasteiger partial charge in [-0.05, 0) is 5.56 Å². The van der Waals surface area contributed by atoms with Gasteiger partial charge in [0.05, 0.1) is 18.9 Å². The maximum Gasteiger partial charge on any atom is 0.153 e. The Morgan fingerprint density at radius 1 is 1.33 bits per heavy atom. The Kier molecular flexibility index (Phi) is 3.08. The lowest BCUT2D eigenvalue weighted by atomic mass is 10.1. The molecule has 1 aromatic rings. The molecule has 0 aliphatic carbocycles. The number of ether oxygens (including phenoxy) is 1. The van der Waals surface area contributed by atoms with Crippen LogP contribution in [0.4, 0.5) is 0 Å². The third-order valence-electron chi connectivity index (χ3n) is 1.48. The monoisotopic (exact) mass is 162 g/mol. The van der Waals surface area contributed by atoms with Crippen LogP contribution in [0.1, 0.15) is 5.56 Å². The van der Waals surface area contributed by atoms with Crippen LogP contribution < -0.4 is 0 Å². The Labute approximate surface area is 71.5 Å². The number of carbonyl (C=O) groups is 1. The Morgan fingerprint density at radius 2 is 2.00 bits per heavy atom. The zero-order valence-electron chi connectivity index (χ0n) is 6.86. The van der Waals surface area contributed by atoms with Crippen LogP contribution in [0.2, 0.25) is 0 Å². The van der Waals surface area contributed by atoms with Gasteiger partial charge in [0.2, 0.25) is 0 Å². The number of hydrogen-bond acceptors (Lipinski definition) is 2. The highest BCUT2D eigenvalue weighted by atomic mass is 16.5. The number of allylic oxidation sites excluding steroid dienone is 1. The Morgan fingerprint density at radius 3 is 2.50 bits per heavy atom. The van der Waals surface area contributed by atoms with E-state index in [-0.39, 0.29) is 0 Å². The van der Waals surface area contributed by atoms with Gasteiger partial charge in [0.15, 0.2) is 6.29 Å². The van der Waals surface area contributed by atoms with Crippen LogP contribution >= 0.6 is 0 Å². The zero-order valence-corrected chi connectivity index (χ0v) is 6.86. The van der Waals surface area contributed by atoms with Crippen molar-refractivity contribution in [2.45, 2.75) is 0 Å². The number of methoxy groups -OCH3 is 1. The van der Waals surface area contributed by atoms with Crippen molar-refractivity contribution in [3.63, 3.8) is 0 Å². The Balaban J connectivity index is 2.96. The topological polar surface area (TPSA) is 26.3 Å². The second-order valence-corrected chi connectivity index (χ2v) is 2.29. The molecule has 12 heavy (non-hydrogen) atoms. The molecule has 0 saturated carbocycles. The van der Waals surface area contributed by atoms with Gasteiger partial charge in [-0.25, -0.2) is 0 Å². The van der Waals surface area contributed by atoms with E-state index < -0.39 is 0 Å². The van der Waals surface area contributed by atoms with Crippen LogP contribution in [0.15, 0.2) is 36.6 Å². The molecule has 0 amide bonds. The molecule has 2 heteroatoms. The van der Waals surface area contributed by atoms with E-state index in [1.54, 1.807) is 0 Å². The van der Waals surface area contributed by atoms with E-state index in [4.69, 9.17) is 4.74 Å². The third kappa shape index (κ3) is 1.95. The summed E-state index contributed by atoms with van der Waals surface area (Å²) in [6.07, 6.45) is 2.21. The van der Waals surface area contributed by atoms with Crippen LogP contribution in [-0.2, 0) is 9.53 Å². The predicted molar refractivity (Wildman–Crippen MR) is 47.5 cm³/mol. The van der Waals surface area contributed by atoms with Crippen LogP contribution in [-0.4, -0.2) is 13.4 Å². The zero-order chi connectivity index (χ0) is 8.81. The molecular formula is C10H10O2. The summed E-state index contributed by atoms with van der Waals surface area (Å²) in [6, 6.07) is 9.38. The van der Waals surface area contributed by atoms with Crippen LogP contribution in [0.3, 0.4) is 0 Å². The summed E-state index contributed by atoms with van der Waals surface area (Å²) < 4.78 is 4.76. The van der Waals surface area contributed by atoms with Crippen molar-refractivity contribution in [1.82, 2.24) is 0 Å². The molecule has 0 heterocycles. The normalized spacial score (nSPS) is 10.9. The molecular weight excluding hydrogens is 152 g/mol. The molecule has 2 nitrogen and oxygen atoms in total. The molecule has 0 saturated heterocycles. The summed E-state index contributed by atoms with van der Waals surface area (Å²) in [7, 11) is 1.52. The standard InChI is InChI=1S/C10H10O2/c1-12-8-10(7-11)9-5-3-2-4-6-9/h2-8H,1H3. The Bertz CT molecular complexity index is 275. The van der Waals surface area contributed by atoms with Crippen molar-refractivity contribution in [3.8, 4) is 0 Å². The fourth-order valence-corrected chi connectivity index (χ4v) is 0.921. The number of carbonyl (C=O) groups excluding carboxylic acids is 1. The average Bonchev–Trinajstić information content (AvgIpc) is 2.15. The number of aldehydes is 1. The smallest absolute Gasteiger partial charge is 0.153 e. The lowest BCUT2D eigenvalue weighted by Crippen LogP contribution is -1.85. The van der Waals surface area contributed by atoms with Crippen molar-refractivity contribution >= 4 is 11.9 Å². The molecule has 0 fully saturated rings. The summed E-state index contributed by atoms with van der Waals surface area (Å²) in [6.45, 7) is 0. The van der Waals surface area contributed by atoms with E-state index >= 15 is 0 Å². The van der Waals surface area contributed by atoms with E-state index in [1.165, 1.54) is 13.4 Å². The van der Waals surface area contributed by atoms with Crippen molar-refractivity contribution in [3.05, 3.63) is 42.2 Å². The molecule has 0 radical (unpaired) electrons. The predicted octanol–water partition coefficient (Wildman–Crippen LogP) is 1.87. The maximum atomic E-state index is 10.5. The first-order valence-electron chi connectivity index (χ1n) is 3.62. The molecule has 0 aromatic heterocycles. The highest BCUT2D eigenvalue weighted by Gasteiger charge is 1.97. The van der Waals surface area contributed by atoms with Gasteiger partial charge in [0, 0.05) is 0 Å². The van der Waals surface area contributed by atoms with Gasteiger partial charge < -0.3 is 4.74 Å². The summed E-state index contributed by atoms with van der Waals surface area (Å²) >= 11 is 0. The first-order valence-corrected chi connectivity index (χ1v) is 3.62. The summed E-state index contributed by atoms with van der Waals surface area (Å²) in [4.78, 5) is 10.5. The minimum absolute atomic E-state index is 0.554. The lowest BCUT2D eigenvalue weighted by Gasteiger charge is -1.97. The van der Waals surface area contributed by atoms with Crippen LogP contribution in [0.5, 0.6) is 0 Å². The van der Waals surface area contributed by atoms with Crippen molar-refractivity contribution in [1.29, 1.82) is 0 Å². The number of benzene rings is 1. The second-order valence-electron chi connectivity index (χ2n) is 2.29. The minimum Gasteiger partial charge on any atom is -0.504 e. The fourth-order valence-electron chi connectivity index (χ4n) is 0.921. The van der Waals surface area contributed by atoms with E-state index in [0.29, 0.717) is 5.57 Å². The average molecular weight is 162 g/mol. The highest BCUT2D eigenvalue weighted by molar-refractivity contribution is 6.06. The van der Waals surface area contributed by atoms with Gasteiger partial charge in [-0.15, -0.1) is 0 Å². The lowest BCUT2D eigenvalue weighted by molar-refractivity contribution is -0.103. The Hall–Kier alpha value is -1.57. The molecule has 0 aliphatic rings. The van der Waals surface area contributed by atoms with E-state index in [0.717, 1.165) is 11.8 Å². The first-order chi connectivity index (χ1) is 5.88. The summed E-state index contributed by atoms with van der Waals surface area (Å²) in [5.41, 5.74) is 1.42. The van der Waals surface area contributed by atoms with E-state index in [9.17, 15) is 4.79 Å². The largest absolute Gasteiger partial charge is 0.504 e. The molecule has 0 atom stereocenters. The molecule has 1 aromatic carbocycles. The van der Waals surface area contributed by atoms with Gasteiger partial charge in [-0.1, -0.05) is 30.3 Å². The van der Waals surface area contributed by atoms with Gasteiger partial charge in [-0.3, -0.25) is 4.79 Å². The van der Waals surface area contributed by atoms with Crippen molar-refractivity contribution < 1.29 is 9.53 Å². The molecule has 0 spiro atoms. The van der Waals surface area contributed by atoms with Crippen molar-refractivity contribution in [2.24, 2.45) is 0 Å². The molecule has 0 unspecified atom stereocenters. The van der Waals surface area contributed by atoms with Gasteiger partial charge in [-0.2, -0.15) is 0 Å². The quantitative estimate of drug-likeness (QED) is 0.385.